The van der Waals surface area contributed by atoms with Gasteiger partial charge in [0, 0.05) is 24.3 Å². The van der Waals surface area contributed by atoms with Crippen LogP contribution in [0.25, 0.3) is 0 Å². The first kappa shape index (κ1) is 21.2. The van der Waals surface area contributed by atoms with Crippen molar-refractivity contribution in [2.75, 3.05) is 30.8 Å². The molecule has 1 heterocycles. The van der Waals surface area contributed by atoms with Gasteiger partial charge in [0.2, 0.25) is 5.91 Å². The Kier molecular flexibility index (Phi) is 8.05. The minimum Gasteiger partial charge on any atom is -0.455 e. The lowest BCUT2D eigenvalue weighted by Crippen LogP contribution is -2.35. The molecule has 3 N–H and O–H groups in total. The molecule has 2 rings (SSSR count). The number of carbonyl (C=O) groups is 3. The topological polar surface area (TPSA) is 102 Å². The number of nitrogens with zero attached hydrogens (tertiary/aromatic N) is 1. The third-order valence-corrected chi connectivity index (χ3v) is 5.67. The molecule has 0 bridgehead atoms. The first-order chi connectivity index (χ1) is 12.8. The van der Waals surface area contributed by atoms with Gasteiger partial charge in [-0.2, -0.15) is 0 Å². The smallest absolute Gasteiger partial charge is 0.316 e. The Labute approximate surface area is 168 Å². The molecule has 0 saturated carbocycles. The van der Waals surface area contributed by atoms with Gasteiger partial charge in [0.15, 0.2) is 6.61 Å². The van der Waals surface area contributed by atoms with E-state index in [1.807, 2.05) is 0 Å². The largest absolute Gasteiger partial charge is 0.455 e. The Hall–Kier alpha value is -2.13. The van der Waals surface area contributed by atoms with Crippen LogP contribution in [-0.4, -0.2) is 52.5 Å². The maximum atomic E-state index is 11.8. The van der Waals surface area contributed by atoms with Crippen molar-refractivity contribution in [1.29, 1.82) is 0 Å². The number of anilines is 1. The van der Waals surface area contributed by atoms with E-state index in [0.29, 0.717) is 21.5 Å². The number of likely N-dealkylation sites (tertiary alicyclic amines) is 1. The standard InChI is InChI=1S/C18H23N3O4S2/c1-12-6-8-21(9-7-12)18(26)27-11-16(23)25-10-15(22)20-14-4-2-13(3-5-14)17(19)24/h2-5,12H,6-11H2,1H3,(H2,19,24)(H,20,22). The van der Waals surface area contributed by atoms with Crippen molar-refractivity contribution >= 4 is 51.8 Å². The number of hydrogen-bond acceptors (Lipinski definition) is 6. The highest BCUT2D eigenvalue weighted by Crippen LogP contribution is 2.20. The van der Waals surface area contributed by atoms with Gasteiger partial charge < -0.3 is 20.7 Å². The Morgan fingerprint density at radius 1 is 1.26 bits per heavy atom. The number of piperidine rings is 1. The summed E-state index contributed by atoms with van der Waals surface area (Å²) in [4.78, 5) is 36.7. The predicted octanol–water partition coefficient (Wildman–Crippen LogP) is 2.02. The Balaban J connectivity index is 1.66. The summed E-state index contributed by atoms with van der Waals surface area (Å²) in [7, 11) is 0. The minimum absolute atomic E-state index is 0.0749. The average Bonchev–Trinajstić information content (AvgIpc) is 2.65. The fourth-order valence-electron chi connectivity index (χ4n) is 2.51. The number of amides is 2. The molecule has 27 heavy (non-hydrogen) atoms. The van der Waals surface area contributed by atoms with Gasteiger partial charge in [-0.15, -0.1) is 0 Å². The van der Waals surface area contributed by atoms with Gasteiger partial charge in [0.05, 0.1) is 5.75 Å². The highest BCUT2D eigenvalue weighted by atomic mass is 32.2. The number of benzene rings is 1. The number of thioether (sulfide) groups is 1. The number of carbonyl (C=O) groups excluding carboxylic acids is 3. The highest BCUT2D eigenvalue weighted by Gasteiger charge is 2.19. The molecular weight excluding hydrogens is 386 g/mol. The van der Waals surface area contributed by atoms with Crippen molar-refractivity contribution in [2.24, 2.45) is 11.7 Å². The number of ether oxygens (including phenoxy) is 1. The number of nitrogens with one attached hydrogen (secondary N) is 1. The van der Waals surface area contributed by atoms with Gasteiger partial charge in [0.1, 0.15) is 4.32 Å². The molecule has 1 aliphatic rings. The van der Waals surface area contributed by atoms with Crippen molar-refractivity contribution in [3.63, 3.8) is 0 Å². The predicted molar refractivity (Wildman–Crippen MR) is 110 cm³/mol. The molecule has 1 saturated heterocycles. The van der Waals surface area contributed by atoms with Crippen LogP contribution in [0.3, 0.4) is 0 Å². The lowest BCUT2D eigenvalue weighted by Gasteiger charge is -2.31. The van der Waals surface area contributed by atoms with Crippen LogP contribution in [0.5, 0.6) is 0 Å². The third-order valence-electron chi connectivity index (χ3n) is 4.17. The average molecular weight is 410 g/mol. The van der Waals surface area contributed by atoms with Crippen LogP contribution in [0.4, 0.5) is 5.69 Å². The summed E-state index contributed by atoms with van der Waals surface area (Å²) in [5.74, 6) is -0.716. The molecule has 1 aromatic rings. The van der Waals surface area contributed by atoms with Gasteiger partial charge in [-0.25, -0.2) is 0 Å². The summed E-state index contributed by atoms with van der Waals surface area (Å²) < 4.78 is 5.66. The molecular formula is C18H23N3O4S2. The van der Waals surface area contributed by atoms with Crippen LogP contribution in [0.15, 0.2) is 24.3 Å². The number of hydrogen-bond donors (Lipinski definition) is 2. The molecule has 0 radical (unpaired) electrons. The Bertz CT molecular complexity index is 701. The van der Waals surface area contributed by atoms with Crippen LogP contribution >= 0.6 is 24.0 Å². The molecule has 0 aliphatic carbocycles. The van der Waals surface area contributed by atoms with Crippen LogP contribution < -0.4 is 11.1 Å². The monoisotopic (exact) mass is 409 g/mol. The molecule has 7 nitrogen and oxygen atoms in total. The number of rotatable bonds is 6. The molecule has 0 unspecified atom stereocenters. The highest BCUT2D eigenvalue weighted by molar-refractivity contribution is 8.23. The molecule has 146 valence electrons. The second-order valence-corrected chi connectivity index (χ2v) is 7.98. The first-order valence-corrected chi connectivity index (χ1v) is 10.0. The molecule has 1 aliphatic heterocycles. The Morgan fingerprint density at radius 3 is 2.48 bits per heavy atom. The zero-order valence-electron chi connectivity index (χ0n) is 15.1. The van der Waals surface area contributed by atoms with Crippen molar-refractivity contribution in [3.05, 3.63) is 29.8 Å². The van der Waals surface area contributed by atoms with Gasteiger partial charge in [-0.1, -0.05) is 30.9 Å². The molecule has 0 spiro atoms. The maximum Gasteiger partial charge on any atom is 0.316 e. The van der Waals surface area contributed by atoms with E-state index in [2.05, 4.69) is 17.1 Å². The zero-order valence-corrected chi connectivity index (χ0v) is 16.7. The normalized spacial score (nSPS) is 14.5. The molecule has 1 fully saturated rings. The van der Waals surface area contributed by atoms with E-state index < -0.39 is 17.8 Å². The van der Waals surface area contributed by atoms with Crippen LogP contribution in [0.1, 0.15) is 30.1 Å². The molecule has 2 amide bonds. The summed E-state index contributed by atoms with van der Waals surface area (Å²) in [6.45, 7) is 3.67. The van der Waals surface area contributed by atoms with Crippen LogP contribution in [-0.2, 0) is 14.3 Å². The minimum atomic E-state index is -0.545. The number of primary amides is 1. The van der Waals surface area contributed by atoms with Crippen molar-refractivity contribution in [1.82, 2.24) is 4.90 Å². The molecule has 0 atom stereocenters. The maximum absolute atomic E-state index is 11.8. The number of nitrogens with two attached hydrogens (primary N) is 1. The van der Waals surface area contributed by atoms with Crippen LogP contribution in [0.2, 0.25) is 0 Å². The lowest BCUT2D eigenvalue weighted by molar-refractivity contribution is -0.144. The van der Waals surface area contributed by atoms with Gasteiger partial charge >= 0.3 is 5.97 Å². The van der Waals surface area contributed by atoms with Gasteiger partial charge in [-0.3, -0.25) is 14.4 Å². The van der Waals surface area contributed by atoms with E-state index in [-0.39, 0.29) is 12.4 Å². The van der Waals surface area contributed by atoms with Crippen molar-refractivity contribution in [2.45, 2.75) is 19.8 Å². The van der Waals surface area contributed by atoms with Crippen molar-refractivity contribution < 1.29 is 19.1 Å². The summed E-state index contributed by atoms with van der Waals surface area (Å²) in [6.07, 6.45) is 2.21. The molecule has 9 heteroatoms. The van der Waals surface area contributed by atoms with Crippen molar-refractivity contribution in [3.8, 4) is 0 Å². The van der Waals surface area contributed by atoms with E-state index in [4.69, 9.17) is 22.7 Å². The molecule has 0 aromatic heterocycles. The zero-order chi connectivity index (χ0) is 19.8. The lowest BCUT2D eigenvalue weighted by atomic mass is 10.00. The number of thiocarbonyl (C=S) groups is 1. The van der Waals surface area contributed by atoms with E-state index in [9.17, 15) is 14.4 Å². The second-order valence-electron chi connectivity index (χ2n) is 6.37. The van der Waals surface area contributed by atoms with Gasteiger partial charge in [0.25, 0.3) is 5.91 Å². The van der Waals surface area contributed by atoms with E-state index >= 15 is 0 Å². The molecule has 1 aromatic carbocycles. The van der Waals surface area contributed by atoms with Crippen LogP contribution in [0, 0.1) is 5.92 Å². The third kappa shape index (κ3) is 7.18. The van der Waals surface area contributed by atoms with E-state index in [0.717, 1.165) is 25.9 Å². The second kappa shape index (κ2) is 10.3. The quantitative estimate of drug-likeness (QED) is 0.547. The first-order valence-electron chi connectivity index (χ1n) is 8.62. The summed E-state index contributed by atoms with van der Waals surface area (Å²) in [5.41, 5.74) is 5.98. The Morgan fingerprint density at radius 2 is 1.89 bits per heavy atom. The summed E-state index contributed by atoms with van der Waals surface area (Å²) in [5, 5.41) is 2.58. The SMILES string of the molecule is CC1CCN(C(=S)SCC(=O)OCC(=O)Nc2ccc(C(N)=O)cc2)CC1. The fourth-order valence-corrected chi connectivity index (χ4v) is 3.55. The van der Waals surface area contributed by atoms with Gasteiger partial charge in [-0.05, 0) is 43.0 Å². The fraction of sp³-hybridized carbons (Fsp3) is 0.444. The van der Waals surface area contributed by atoms with E-state index in [1.54, 1.807) is 12.1 Å². The van der Waals surface area contributed by atoms with E-state index in [1.165, 1.54) is 23.9 Å². The summed E-state index contributed by atoms with van der Waals surface area (Å²) >= 11 is 6.61. The number of esters is 1. The summed E-state index contributed by atoms with van der Waals surface area (Å²) in [6, 6.07) is 6.10.